The average Bonchev–Trinajstić information content (AvgIpc) is 3.23. The van der Waals surface area contributed by atoms with Gasteiger partial charge in [-0.1, -0.05) is 31.5 Å². The number of nitrogens with one attached hydrogen (secondary N) is 2. The number of aromatic nitrogens is 4. The van der Waals surface area contributed by atoms with Gasteiger partial charge in [-0.3, -0.25) is 19.1 Å². The van der Waals surface area contributed by atoms with Gasteiger partial charge in [0.1, 0.15) is 0 Å². The van der Waals surface area contributed by atoms with Gasteiger partial charge in [-0.15, -0.1) is 10.2 Å². The Morgan fingerprint density at radius 1 is 1.06 bits per heavy atom. The van der Waals surface area contributed by atoms with Gasteiger partial charge in [0.05, 0.1) is 5.75 Å². The second-order valence-corrected chi connectivity index (χ2v) is 9.28. The summed E-state index contributed by atoms with van der Waals surface area (Å²) in [6.07, 6.45) is 8.23. The summed E-state index contributed by atoms with van der Waals surface area (Å²) >= 11 is 1.40. The van der Waals surface area contributed by atoms with Gasteiger partial charge in [-0.2, -0.15) is 0 Å². The summed E-state index contributed by atoms with van der Waals surface area (Å²) in [5, 5.41) is 15.3. The fourth-order valence-electron chi connectivity index (χ4n) is 4.21. The number of thioether (sulfide) groups is 1. The van der Waals surface area contributed by atoms with E-state index < -0.39 is 0 Å². The van der Waals surface area contributed by atoms with E-state index in [-0.39, 0.29) is 17.6 Å². The molecule has 2 N–H and O–H groups in total. The minimum Gasteiger partial charge on any atom is -0.326 e. The molecule has 1 aromatic carbocycles. The molecule has 9 heteroatoms. The Morgan fingerprint density at radius 2 is 1.79 bits per heavy atom. The van der Waals surface area contributed by atoms with Crippen LogP contribution in [-0.2, 0) is 9.59 Å². The van der Waals surface area contributed by atoms with Gasteiger partial charge in [0.2, 0.25) is 11.8 Å². The van der Waals surface area contributed by atoms with Gasteiger partial charge in [0, 0.05) is 42.3 Å². The van der Waals surface area contributed by atoms with Crippen LogP contribution in [0, 0.1) is 5.92 Å². The molecule has 2 amide bonds. The molecule has 2 aromatic heterocycles. The number of nitrogens with zero attached hydrogens (tertiary/aromatic N) is 4. The summed E-state index contributed by atoms with van der Waals surface area (Å²) < 4.78 is 2.21. The van der Waals surface area contributed by atoms with E-state index in [9.17, 15) is 9.59 Å². The number of hydrogen-bond acceptors (Lipinski definition) is 6. The van der Waals surface area contributed by atoms with Crippen LogP contribution < -0.4 is 10.6 Å². The topological polar surface area (TPSA) is 102 Å². The largest absolute Gasteiger partial charge is 0.326 e. The predicted molar refractivity (Wildman–Crippen MR) is 130 cm³/mol. The van der Waals surface area contributed by atoms with E-state index in [0.29, 0.717) is 23.3 Å². The Bertz CT molecular complexity index is 1100. The average molecular weight is 465 g/mol. The van der Waals surface area contributed by atoms with E-state index in [1.165, 1.54) is 37.9 Å². The fraction of sp³-hybridized carbons (Fsp3) is 0.375. The summed E-state index contributed by atoms with van der Waals surface area (Å²) in [6.45, 7) is 3.74. The molecule has 1 saturated carbocycles. The molecule has 0 spiro atoms. The molecule has 1 aliphatic carbocycles. The second-order valence-electron chi connectivity index (χ2n) is 8.34. The molecule has 33 heavy (non-hydrogen) atoms. The summed E-state index contributed by atoms with van der Waals surface area (Å²) in [4.78, 5) is 28.0. The Hall–Kier alpha value is -3.20. The molecule has 2 heterocycles. The number of carbonyl (C=O) groups is 2. The third-order valence-electron chi connectivity index (χ3n) is 5.80. The number of hydrogen-bond donors (Lipinski definition) is 2. The zero-order valence-electron chi connectivity index (χ0n) is 18.8. The first-order valence-electron chi connectivity index (χ1n) is 11.2. The van der Waals surface area contributed by atoms with Crippen molar-refractivity contribution >= 4 is 35.0 Å². The number of anilines is 2. The summed E-state index contributed by atoms with van der Waals surface area (Å²) in [5.41, 5.74) is 2.29. The fourth-order valence-corrected chi connectivity index (χ4v) is 5.01. The van der Waals surface area contributed by atoms with Crippen LogP contribution in [0.4, 0.5) is 11.4 Å². The Kier molecular flexibility index (Phi) is 7.39. The summed E-state index contributed by atoms with van der Waals surface area (Å²) in [5.74, 6) is 1.28. The molecular formula is C24H28N6O2S. The maximum Gasteiger partial charge on any atom is 0.234 e. The lowest BCUT2D eigenvalue weighted by Gasteiger charge is -2.31. The first-order chi connectivity index (χ1) is 16.0. The van der Waals surface area contributed by atoms with Crippen molar-refractivity contribution in [3.05, 3.63) is 48.8 Å². The molecule has 1 fully saturated rings. The van der Waals surface area contributed by atoms with E-state index in [1.54, 1.807) is 36.7 Å². The Labute approximate surface area is 197 Å². The molecule has 3 aromatic rings. The molecule has 0 unspecified atom stereocenters. The van der Waals surface area contributed by atoms with Crippen molar-refractivity contribution < 1.29 is 9.59 Å². The third kappa shape index (κ3) is 5.78. The van der Waals surface area contributed by atoms with Crippen molar-refractivity contribution in [3.63, 3.8) is 0 Å². The van der Waals surface area contributed by atoms with Crippen molar-refractivity contribution in [2.24, 2.45) is 5.92 Å². The SMILES string of the molecule is CC(=O)Nc1ccc(NC(=O)CSc2nnc(-c3cccnc3)n2[C@@H]2CCCC[C@@H]2C)cc1. The lowest BCUT2D eigenvalue weighted by Crippen LogP contribution is -2.23. The van der Waals surface area contributed by atoms with Crippen molar-refractivity contribution in [1.82, 2.24) is 19.7 Å². The third-order valence-corrected chi connectivity index (χ3v) is 6.75. The maximum atomic E-state index is 12.6. The zero-order chi connectivity index (χ0) is 23.2. The number of pyridine rings is 1. The monoisotopic (exact) mass is 464 g/mol. The minimum atomic E-state index is -0.134. The molecule has 1 aliphatic rings. The first kappa shape index (κ1) is 23.0. The normalized spacial score (nSPS) is 18.0. The van der Waals surface area contributed by atoms with E-state index in [4.69, 9.17) is 0 Å². The predicted octanol–water partition coefficient (Wildman–Crippen LogP) is 4.78. The van der Waals surface area contributed by atoms with Gasteiger partial charge in [-0.25, -0.2) is 0 Å². The maximum absolute atomic E-state index is 12.6. The smallest absolute Gasteiger partial charge is 0.234 e. The molecule has 8 nitrogen and oxygen atoms in total. The lowest BCUT2D eigenvalue weighted by atomic mass is 9.85. The van der Waals surface area contributed by atoms with Crippen LogP contribution >= 0.6 is 11.8 Å². The van der Waals surface area contributed by atoms with Crippen LogP contribution in [0.1, 0.15) is 45.6 Å². The molecule has 0 bridgehead atoms. The molecule has 0 aliphatic heterocycles. The van der Waals surface area contributed by atoms with Crippen LogP contribution in [0.25, 0.3) is 11.4 Å². The molecular weight excluding hydrogens is 436 g/mol. The second kappa shape index (κ2) is 10.6. The standard InChI is InChI=1S/C24H28N6O2S/c1-16-6-3-4-8-21(16)30-23(18-7-5-13-25-14-18)28-29-24(30)33-15-22(32)27-20-11-9-19(10-12-20)26-17(2)31/h5,7,9-14,16,21H,3-4,6,8,15H2,1-2H3,(H,26,31)(H,27,32)/t16-,21+/m0/s1. The van der Waals surface area contributed by atoms with E-state index in [0.717, 1.165) is 23.0 Å². The molecule has 0 radical (unpaired) electrons. The van der Waals surface area contributed by atoms with E-state index in [2.05, 4.69) is 37.3 Å². The van der Waals surface area contributed by atoms with Crippen molar-refractivity contribution in [3.8, 4) is 11.4 Å². The van der Waals surface area contributed by atoms with Crippen LogP contribution in [-0.4, -0.2) is 37.3 Å². The van der Waals surface area contributed by atoms with Crippen LogP contribution in [0.15, 0.2) is 53.9 Å². The highest BCUT2D eigenvalue weighted by atomic mass is 32.2. The molecule has 172 valence electrons. The quantitative estimate of drug-likeness (QED) is 0.488. The highest BCUT2D eigenvalue weighted by Gasteiger charge is 2.29. The molecule has 2 atom stereocenters. The van der Waals surface area contributed by atoms with Crippen molar-refractivity contribution in [2.45, 2.75) is 50.7 Å². The number of amides is 2. The summed E-state index contributed by atoms with van der Waals surface area (Å²) in [7, 11) is 0. The molecule has 0 saturated heterocycles. The minimum absolute atomic E-state index is 0.124. The van der Waals surface area contributed by atoms with Gasteiger partial charge in [0.15, 0.2) is 11.0 Å². The van der Waals surface area contributed by atoms with Crippen LogP contribution in [0.2, 0.25) is 0 Å². The van der Waals surface area contributed by atoms with Crippen molar-refractivity contribution in [2.75, 3.05) is 16.4 Å². The molecule has 4 rings (SSSR count). The van der Waals surface area contributed by atoms with Crippen LogP contribution in [0.5, 0.6) is 0 Å². The highest BCUT2D eigenvalue weighted by Crippen LogP contribution is 2.38. The van der Waals surface area contributed by atoms with Gasteiger partial charge >= 0.3 is 0 Å². The highest BCUT2D eigenvalue weighted by molar-refractivity contribution is 7.99. The Balaban J connectivity index is 1.48. The van der Waals surface area contributed by atoms with Gasteiger partial charge in [-0.05, 0) is 55.2 Å². The van der Waals surface area contributed by atoms with Crippen LogP contribution in [0.3, 0.4) is 0 Å². The van der Waals surface area contributed by atoms with Gasteiger partial charge < -0.3 is 10.6 Å². The van der Waals surface area contributed by atoms with Crippen molar-refractivity contribution in [1.29, 1.82) is 0 Å². The van der Waals surface area contributed by atoms with E-state index in [1.807, 2.05) is 12.1 Å². The lowest BCUT2D eigenvalue weighted by molar-refractivity contribution is -0.114. The van der Waals surface area contributed by atoms with E-state index >= 15 is 0 Å². The first-order valence-corrected chi connectivity index (χ1v) is 12.2. The summed E-state index contributed by atoms with van der Waals surface area (Å²) in [6, 6.07) is 11.2. The zero-order valence-corrected chi connectivity index (χ0v) is 19.6. The number of rotatable bonds is 7. The number of carbonyl (C=O) groups excluding carboxylic acids is 2. The Morgan fingerprint density at radius 3 is 2.45 bits per heavy atom. The number of benzene rings is 1. The van der Waals surface area contributed by atoms with Gasteiger partial charge in [0.25, 0.3) is 0 Å².